The molecule has 0 atom stereocenters. The summed E-state index contributed by atoms with van der Waals surface area (Å²) in [6, 6.07) is 10.8. The van der Waals surface area contributed by atoms with Gasteiger partial charge in [-0.15, -0.1) is 0 Å². The molecule has 0 aliphatic heterocycles. The second-order valence-corrected chi connectivity index (χ2v) is 5.88. The molecule has 0 saturated carbocycles. The Morgan fingerprint density at radius 2 is 1.76 bits per heavy atom. The van der Waals surface area contributed by atoms with Crippen molar-refractivity contribution < 1.29 is 23.7 Å². The van der Waals surface area contributed by atoms with Gasteiger partial charge in [0.2, 0.25) is 0 Å². The number of hydrogen-bond donors (Lipinski definition) is 0. The maximum absolute atomic E-state index is 11.5. The molecule has 0 spiro atoms. The molecule has 0 radical (unpaired) electrons. The van der Waals surface area contributed by atoms with Crippen molar-refractivity contribution >= 4 is 34.1 Å². The second kappa shape index (κ2) is 9.25. The standard InChI is InChI=1S/C19H19BrO5/c1-22-12-25-17-11-18(23-2)16(20)10-15(17)9-6-13-4-7-14(8-5-13)19(21)24-3/h4-11H,12H2,1-3H3/b9-6+. The average Bonchev–Trinajstić information content (AvgIpc) is 2.65. The molecule has 0 unspecified atom stereocenters. The van der Waals surface area contributed by atoms with E-state index in [0.717, 1.165) is 15.6 Å². The smallest absolute Gasteiger partial charge is 0.337 e. The van der Waals surface area contributed by atoms with Crippen LogP contribution in [-0.2, 0) is 9.47 Å². The van der Waals surface area contributed by atoms with Gasteiger partial charge in [-0.05, 0) is 39.7 Å². The molecule has 0 aliphatic rings. The minimum atomic E-state index is -0.357. The van der Waals surface area contributed by atoms with Crippen LogP contribution in [0.1, 0.15) is 21.5 Å². The van der Waals surface area contributed by atoms with Crippen molar-refractivity contribution in [1.82, 2.24) is 0 Å². The third-order valence-corrected chi connectivity index (χ3v) is 4.02. The maximum Gasteiger partial charge on any atom is 0.337 e. The van der Waals surface area contributed by atoms with Gasteiger partial charge in [0.15, 0.2) is 6.79 Å². The molecule has 0 amide bonds. The summed E-state index contributed by atoms with van der Waals surface area (Å²) in [5.41, 5.74) is 2.31. The molecule has 25 heavy (non-hydrogen) atoms. The SMILES string of the molecule is COCOc1cc(OC)c(Br)cc1/C=C/c1ccc(C(=O)OC)cc1. The average molecular weight is 407 g/mol. The Kier molecular flexibility index (Phi) is 7.03. The fraction of sp³-hybridized carbons (Fsp3) is 0.211. The van der Waals surface area contributed by atoms with Gasteiger partial charge in [0.1, 0.15) is 11.5 Å². The van der Waals surface area contributed by atoms with E-state index in [1.807, 2.05) is 30.4 Å². The Balaban J connectivity index is 2.26. The van der Waals surface area contributed by atoms with E-state index >= 15 is 0 Å². The van der Waals surface area contributed by atoms with Crippen LogP contribution in [0.15, 0.2) is 40.9 Å². The first kappa shape index (κ1) is 19.0. The lowest BCUT2D eigenvalue weighted by Gasteiger charge is -2.12. The van der Waals surface area contributed by atoms with Crippen molar-refractivity contribution in [2.45, 2.75) is 0 Å². The number of carbonyl (C=O) groups excluding carboxylic acids is 1. The van der Waals surface area contributed by atoms with Gasteiger partial charge >= 0.3 is 5.97 Å². The molecule has 0 heterocycles. The molecule has 132 valence electrons. The maximum atomic E-state index is 11.5. The van der Waals surface area contributed by atoms with Gasteiger partial charge in [-0.3, -0.25) is 0 Å². The molecule has 0 fully saturated rings. The number of methoxy groups -OCH3 is 3. The molecular weight excluding hydrogens is 388 g/mol. The predicted molar refractivity (Wildman–Crippen MR) is 99.9 cm³/mol. The van der Waals surface area contributed by atoms with Crippen LogP contribution < -0.4 is 9.47 Å². The molecule has 5 nitrogen and oxygen atoms in total. The molecule has 0 aliphatic carbocycles. The monoisotopic (exact) mass is 406 g/mol. The number of benzene rings is 2. The summed E-state index contributed by atoms with van der Waals surface area (Å²) in [5, 5.41) is 0. The van der Waals surface area contributed by atoms with E-state index in [1.165, 1.54) is 7.11 Å². The number of halogens is 1. The zero-order valence-corrected chi connectivity index (χ0v) is 15.8. The van der Waals surface area contributed by atoms with Crippen LogP contribution >= 0.6 is 15.9 Å². The van der Waals surface area contributed by atoms with Crippen LogP contribution in [-0.4, -0.2) is 34.1 Å². The molecule has 0 N–H and O–H groups in total. The first-order valence-electron chi connectivity index (χ1n) is 7.44. The zero-order chi connectivity index (χ0) is 18.2. The lowest BCUT2D eigenvalue weighted by molar-refractivity contribution is 0.0508. The Bertz CT molecular complexity index is 753. The van der Waals surface area contributed by atoms with E-state index < -0.39 is 0 Å². The van der Waals surface area contributed by atoms with Gasteiger partial charge in [-0.25, -0.2) is 4.79 Å². The Morgan fingerprint density at radius 1 is 1.04 bits per heavy atom. The Morgan fingerprint density at radius 3 is 2.36 bits per heavy atom. The molecule has 2 aromatic carbocycles. The fourth-order valence-electron chi connectivity index (χ4n) is 2.12. The number of ether oxygens (including phenoxy) is 4. The summed E-state index contributed by atoms with van der Waals surface area (Å²) in [6.45, 7) is 0.138. The minimum absolute atomic E-state index is 0.138. The van der Waals surface area contributed by atoms with Gasteiger partial charge < -0.3 is 18.9 Å². The largest absolute Gasteiger partial charge is 0.495 e. The highest BCUT2D eigenvalue weighted by molar-refractivity contribution is 9.10. The molecule has 2 aromatic rings. The van der Waals surface area contributed by atoms with Gasteiger partial charge in [-0.1, -0.05) is 24.3 Å². The zero-order valence-electron chi connectivity index (χ0n) is 14.2. The van der Waals surface area contributed by atoms with Crippen molar-refractivity contribution in [3.63, 3.8) is 0 Å². The summed E-state index contributed by atoms with van der Waals surface area (Å²) in [5.74, 6) is 0.958. The highest BCUT2D eigenvalue weighted by Crippen LogP contribution is 2.34. The number of esters is 1. The van der Waals surface area contributed by atoms with Gasteiger partial charge in [0.05, 0.1) is 24.3 Å². The number of hydrogen-bond acceptors (Lipinski definition) is 5. The first-order valence-corrected chi connectivity index (χ1v) is 8.24. The minimum Gasteiger partial charge on any atom is -0.495 e. The first-order chi connectivity index (χ1) is 12.1. The molecule has 0 aromatic heterocycles. The van der Waals surface area contributed by atoms with E-state index in [4.69, 9.17) is 18.9 Å². The van der Waals surface area contributed by atoms with Crippen molar-refractivity contribution in [1.29, 1.82) is 0 Å². The summed E-state index contributed by atoms with van der Waals surface area (Å²) in [4.78, 5) is 11.5. The van der Waals surface area contributed by atoms with Crippen molar-refractivity contribution in [3.05, 3.63) is 57.6 Å². The molecular formula is C19H19BrO5. The van der Waals surface area contributed by atoms with E-state index in [-0.39, 0.29) is 12.8 Å². The summed E-state index contributed by atoms with van der Waals surface area (Å²) >= 11 is 3.47. The van der Waals surface area contributed by atoms with Crippen LogP contribution in [0.25, 0.3) is 12.2 Å². The third-order valence-electron chi connectivity index (χ3n) is 3.40. The lowest BCUT2D eigenvalue weighted by atomic mass is 10.1. The van der Waals surface area contributed by atoms with Gasteiger partial charge in [0.25, 0.3) is 0 Å². The molecule has 0 bridgehead atoms. The molecule has 0 saturated heterocycles. The van der Waals surface area contributed by atoms with Crippen molar-refractivity contribution in [2.75, 3.05) is 28.1 Å². The third kappa shape index (κ3) is 5.08. The van der Waals surface area contributed by atoms with E-state index in [1.54, 1.807) is 32.4 Å². The highest BCUT2D eigenvalue weighted by atomic mass is 79.9. The summed E-state index contributed by atoms with van der Waals surface area (Å²) < 4.78 is 21.4. The Hall–Kier alpha value is -2.31. The number of carbonyl (C=O) groups is 1. The quantitative estimate of drug-likeness (QED) is 0.387. The van der Waals surface area contributed by atoms with Crippen LogP contribution in [0.5, 0.6) is 11.5 Å². The van der Waals surface area contributed by atoms with Crippen LogP contribution in [0.4, 0.5) is 0 Å². The lowest BCUT2D eigenvalue weighted by Crippen LogP contribution is -2.01. The summed E-state index contributed by atoms with van der Waals surface area (Å²) in [7, 11) is 4.52. The normalized spacial score (nSPS) is 10.7. The van der Waals surface area contributed by atoms with Crippen LogP contribution in [0.2, 0.25) is 0 Å². The van der Waals surface area contributed by atoms with E-state index in [2.05, 4.69) is 15.9 Å². The Labute approximate surface area is 155 Å². The topological polar surface area (TPSA) is 54.0 Å². The fourth-order valence-corrected chi connectivity index (χ4v) is 2.64. The van der Waals surface area contributed by atoms with Gasteiger partial charge in [0, 0.05) is 18.7 Å². The molecule has 2 rings (SSSR count). The van der Waals surface area contributed by atoms with Crippen molar-refractivity contribution in [3.8, 4) is 11.5 Å². The van der Waals surface area contributed by atoms with Crippen molar-refractivity contribution in [2.24, 2.45) is 0 Å². The highest BCUT2D eigenvalue weighted by Gasteiger charge is 2.09. The van der Waals surface area contributed by atoms with Gasteiger partial charge in [-0.2, -0.15) is 0 Å². The van der Waals surface area contributed by atoms with E-state index in [0.29, 0.717) is 17.1 Å². The molecule has 6 heteroatoms. The predicted octanol–water partition coefficient (Wildman–Crippen LogP) is 4.40. The number of rotatable bonds is 7. The van der Waals surface area contributed by atoms with Crippen LogP contribution in [0.3, 0.4) is 0 Å². The van der Waals surface area contributed by atoms with E-state index in [9.17, 15) is 4.79 Å². The summed E-state index contributed by atoms with van der Waals surface area (Å²) in [6.07, 6.45) is 3.84. The van der Waals surface area contributed by atoms with Crippen LogP contribution in [0, 0.1) is 0 Å². The second-order valence-electron chi connectivity index (χ2n) is 5.02.